The van der Waals surface area contributed by atoms with Gasteiger partial charge in [0.1, 0.15) is 11.6 Å². The number of halogens is 1. The summed E-state index contributed by atoms with van der Waals surface area (Å²) in [7, 11) is -2.97. The molecule has 126 valence electrons. The fraction of sp³-hybridized carbons (Fsp3) is 0.235. The van der Waals surface area contributed by atoms with Crippen molar-refractivity contribution in [3.63, 3.8) is 0 Å². The van der Waals surface area contributed by atoms with Gasteiger partial charge in [0.15, 0.2) is 9.84 Å². The van der Waals surface area contributed by atoms with Gasteiger partial charge in [-0.2, -0.15) is 0 Å². The van der Waals surface area contributed by atoms with Gasteiger partial charge in [-0.15, -0.1) is 11.8 Å². The molecule has 0 saturated carbocycles. The van der Waals surface area contributed by atoms with Crippen molar-refractivity contribution in [2.75, 3.05) is 11.5 Å². The molecule has 0 N–H and O–H groups in total. The van der Waals surface area contributed by atoms with Crippen molar-refractivity contribution in [2.45, 2.75) is 16.6 Å². The van der Waals surface area contributed by atoms with Crippen molar-refractivity contribution < 1.29 is 22.3 Å². The lowest BCUT2D eigenvalue weighted by Gasteiger charge is -2.12. The van der Waals surface area contributed by atoms with E-state index < -0.39 is 21.6 Å². The Bertz CT molecular complexity index is 847. The van der Waals surface area contributed by atoms with Crippen LogP contribution in [0.2, 0.25) is 0 Å². The van der Waals surface area contributed by atoms with Crippen LogP contribution < -0.4 is 4.74 Å². The predicted molar refractivity (Wildman–Crippen MR) is 90.7 cm³/mol. The van der Waals surface area contributed by atoms with Gasteiger partial charge in [-0.1, -0.05) is 12.1 Å². The highest BCUT2D eigenvalue weighted by molar-refractivity contribution is 8.02. The summed E-state index contributed by atoms with van der Waals surface area (Å²) < 4.78 is 41.3. The maximum atomic E-state index is 12.9. The van der Waals surface area contributed by atoms with E-state index in [0.29, 0.717) is 16.9 Å². The van der Waals surface area contributed by atoms with Gasteiger partial charge < -0.3 is 4.74 Å². The number of carbonyl (C=O) groups is 1. The zero-order valence-corrected chi connectivity index (χ0v) is 14.3. The molecule has 0 aliphatic carbocycles. The van der Waals surface area contributed by atoms with E-state index in [1.165, 1.54) is 36.0 Å². The Labute approximate surface area is 143 Å². The standard InChI is InChI=1S/C17H15FO4S2/c18-12-5-7-13(8-6-12)22-17(19)15-3-1-2-4-16(15)23-14-9-10-24(20,21)11-14/h1-8,14H,9-11H2/t14-/m1/s1. The molecule has 0 unspecified atom stereocenters. The first-order valence-electron chi connectivity index (χ1n) is 7.37. The van der Waals surface area contributed by atoms with Crippen molar-refractivity contribution >= 4 is 27.6 Å². The topological polar surface area (TPSA) is 60.4 Å². The van der Waals surface area contributed by atoms with Crippen molar-refractivity contribution in [2.24, 2.45) is 0 Å². The zero-order valence-electron chi connectivity index (χ0n) is 12.6. The smallest absolute Gasteiger partial charge is 0.344 e. The fourth-order valence-corrected chi connectivity index (χ4v) is 6.05. The van der Waals surface area contributed by atoms with Gasteiger partial charge in [0.2, 0.25) is 0 Å². The van der Waals surface area contributed by atoms with E-state index in [1.54, 1.807) is 24.3 Å². The fourth-order valence-electron chi connectivity index (χ4n) is 2.44. The SMILES string of the molecule is O=C(Oc1ccc(F)cc1)c1ccccc1S[C@@H]1CCS(=O)(=O)C1. The minimum Gasteiger partial charge on any atom is -0.423 e. The second-order valence-corrected chi connectivity index (χ2v) is 9.05. The first kappa shape index (κ1) is 17.0. The molecule has 1 atom stereocenters. The highest BCUT2D eigenvalue weighted by atomic mass is 32.2. The van der Waals surface area contributed by atoms with Crippen molar-refractivity contribution in [3.05, 3.63) is 59.9 Å². The molecule has 7 heteroatoms. The van der Waals surface area contributed by atoms with Crippen molar-refractivity contribution in [1.82, 2.24) is 0 Å². The van der Waals surface area contributed by atoms with Crippen LogP contribution in [-0.2, 0) is 9.84 Å². The number of sulfone groups is 1. The van der Waals surface area contributed by atoms with Gasteiger partial charge in [-0.25, -0.2) is 17.6 Å². The van der Waals surface area contributed by atoms with Gasteiger partial charge >= 0.3 is 5.97 Å². The third-order valence-electron chi connectivity index (χ3n) is 3.62. The largest absolute Gasteiger partial charge is 0.423 e. The van der Waals surface area contributed by atoms with E-state index in [0.717, 1.165) is 0 Å². The highest BCUT2D eigenvalue weighted by Crippen LogP contribution is 2.33. The van der Waals surface area contributed by atoms with Gasteiger partial charge in [0.05, 0.1) is 17.1 Å². The third kappa shape index (κ3) is 4.15. The normalized spacial score (nSPS) is 19.1. The lowest BCUT2D eigenvalue weighted by molar-refractivity contribution is 0.0731. The molecule has 24 heavy (non-hydrogen) atoms. The highest BCUT2D eigenvalue weighted by Gasteiger charge is 2.29. The van der Waals surface area contributed by atoms with E-state index in [2.05, 4.69) is 0 Å². The third-order valence-corrected chi connectivity index (χ3v) is 6.94. The summed E-state index contributed by atoms with van der Waals surface area (Å²) >= 11 is 1.38. The van der Waals surface area contributed by atoms with E-state index in [4.69, 9.17) is 4.74 Å². The number of carbonyl (C=O) groups excluding carboxylic acids is 1. The summed E-state index contributed by atoms with van der Waals surface area (Å²) in [5.41, 5.74) is 0.371. The molecule has 1 heterocycles. The summed E-state index contributed by atoms with van der Waals surface area (Å²) in [4.78, 5) is 13.1. The van der Waals surface area contributed by atoms with Crippen LogP contribution in [0.4, 0.5) is 4.39 Å². The minimum absolute atomic E-state index is 0.0604. The Kier molecular flexibility index (Phi) is 4.91. The number of ether oxygens (including phenoxy) is 1. The second kappa shape index (κ2) is 6.94. The van der Waals surface area contributed by atoms with Gasteiger partial charge in [0, 0.05) is 10.1 Å². The Morgan fingerprint density at radius 2 is 1.83 bits per heavy atom. The van der Waals surface area contributed by atoms with Crippen molar-refractivity contribution in [3.8, 4) is 5.75 Å². The van der Waals surface area contributed by atoms with Gasteiger partial charge in [-0.3, -0.25) is 0 Å². The molecule has 1 saturated heterocycles. The maximum absolute atomic E-state index is 12.9. The van der Waals surface area contributed by atoms with Crippen LogP contribution >= 0.6 is 11.8 Å². The molecule has 1 aliphatic rings. The van der Waals surface area contributed by atoms with Crippen molar-refractivity contribution in [1.29, 1.82) is 0 Å². The van der Waals surface area contributed by atoms with Crippen LogP contribution in [0.1, 0.15) is 16.8 Å². The van der Waals surface area contributed by atoms with Gasteiger partial charge in [-0.05, 0) is 42.8 Å². The molecule has 0 aromatic heterocycles. The molecule has 0 bridgehead atoms. The number of hydrogen-bond acceptors (Lipinski definition) is 5. The number of esters is 1. The monoisotopic (exact) mass is 366 g/mol. The zero-order chi connectivity index (χ0) is 17.2. The summed E-state index contributed by atoms with van der Waals surface area (Å²) in [5, 5.41) is -0.0604. The number of rotatable bonds is 4. The lowest BCUT2D eigenvalue weighted by Crippen LogP contribution is -2.11. The number of benzene rings is 2. The van der Waals surface area contributed by atoms with Crippen LogP contribution in [0.3, 0.4) is 0 Å². The molecular weight excluding hydrogens is 351 g/mol. The van der Waals surface area contributed by atoms with Gasteiger partial charge in [0.25, 0.3) is 0 Å². The molecule has 1 fully saturated rings. The van der Waals surface area contributed by atoms with E-state index >= 15 is 0 Å². The Morgan fingerprint density at radius 3 is 2.50 bits per heavy atom. The molecule has 0 radical (unpaired) electrons. The van der Waals surface area contributed by atoms with Crippen LogP contribution in [0.5, 0.6) is 5.75 Å². The first-order valence-corrected chi connectivity index (χ1v) is 10.1. The quantitative estimate of drug-likeness (QED) is 0.614. The predicted octanol–water partition coefficient (Wildman–Crippen LogP) is 3.32. The van der Waals surface area contributed by atoms with Crippen LogP contribution in [0, 0.1) is 5.82 Å². The average molecular weight is 366 g/mol. The molecule has 4 nitrogen and oxygen atoms in total. The number of hydrogen-bond donors (Lipinski definition) is 0. The van der Waals surface area contributed by atoms with Crippen LogP contribution in [0.15, 0.2) is 53.4 Å². The van der Waals surface area contributed by atoms with Crippen LogP contribution in [-0.4, -0.2) is 31.1 Å². The minimum atomic E-state index is -2.97. The number of thioether (sulfide) groups is 1. The molecule has 3 rings (SSSR count). The first-order chi connectivity index (χ1) is 11.4. The average Bonchev–Trinajstić information content (AvgIpc) is 2.89. The maximum Gasteiger partial charge on any atom is 0.344 e. The Hall–Kier alpha value is -1.86. The lowest BCUT2D eigenvalue weighted by atomic mass is 10.2. The summed E-state index contributed by atoms with van der Waals surface area (Å²) in [6, 6.07) is 12.1. The van der Waals surface area contributed by atoms with E-state index in [-0.39, 0.29) is 22.5 Å². The Morgan fingerprint density at radius 1 is 1.12 bits per heavy atom. The molecule has 1 aliphatic heterocycles. The summed E-state index contributed by atoms with van der Waals surface area (Å²) in [5.74, 6) is -0.394. The molecule has 0 amide bonds. The van der Waals surface area contributed by atoms with Crippen LogP contribution in [0.25, 0.3) is 0 Å². The molecule has 0 spiro atoms. The molecule has 2 aromatic rings. The molecule has 2 aromatic carbocycles. The van der Waals surface area contributed by atoms with E-state index in [1.807, 2.05) is 0 Å². The Balaban J connectivity index is 1.76. The molecular formula is C17H15FO4S2. The summed E-state index contributed by atoms with van der Waals surface area (Å²) in [6.07, 6.45) is 0.578. The summed E-state index contributed by atoms with van der Waals surface area (Å²) in [6.45, 7) is 0. The second-order valence-electron chi connectivity index (χ2n) is 5.48. The van der Waals surface area contributed by atoms with E-state index in [9.17, 15) is 17.6 Å².